The van der Waals surface area contributed by atoms with E-state index in [1.54, 1.807) is 7.11 Å². The van der Waals surface area contributed by atoms with Crippen molar-refractivity contribution >= 4 is 23.4 Å². The van der Waals surface area contributed by atoms with E-state index in [0.29, 0.717) is 18.8 Å². The number of nitrogens with zero attached hydrogens (tertiary/aromatic N) is 3. The van der Waals surface area contributed by atoms with E-state index in [4.69, 9.17) is 4.74 Å². The van der Waals surface area contributed by atoms with Crippen LogP contribution in [0.3, 0.4) is 0 Å². The number of hydrogen-bond donors (Lipinski definition) is 1. The molecule has 0 bridgehead atoms. The van der Waals surface area contributed by atoms with Crippen molar-refractivity contribution in [2.75, 3.05) is 18.2 Å². The predicted octanol–water partition coefficient (Wildman–Crippen LogP) is 3.53. The van der Waals surface area contributed by atoms with Crippen LogP contribution in [0.2, 0.25) is 0 Å². The van der Waals surface area contributed by atoms with Gasteiger partial charge in [-0.1, -0.05) is 48.2 Å². The van der Waals surface area contributed by atoms with Crippen LogP contribution in [0.1, 0.15) is 12.2 Å². The molecule has 0 aliphatic heterocycles. The Bertz CT molecular complexity index is 837. The van der Waals surface area contributed by atoms with Crippen molar-refractivity contribution in [3.63, 3.8) is 0 Å². The van der Waals surface area contributed by atoms with Gasteiger partial charge >= 0.3 is 0 Å². The van der Waals surface area contributed by atoms with Gasteiger partial charge in [-0.25, -0.2) is 0 Å². The standard InChI is InChI=1S/C19H20N4O2S/c1-25-14-17-21-22-19(23(17)16-10-6-3-7-11-16)26-13-12-18(24)20-15-8-4-2-5-9-15/h2-11H,12-14H2,1H3,(H,20,24). The number of para-hydroxylation sites is 2. The van der Waals surface area contributed by atoms with Gasteiger partial charge in [-0.2, -0.15) is 0 Å². The number of methoxy groups -OCH3 is 1. The van der Waals surface area contributed by atoms with E-state index in [0.717, 1.165) is 22.4 Å². The first-order chi connectivity index (χ1) is 12.8. The lowest BCUT2D eigenvalue weighted by molar-refractivity contribution is -0.115. The lowest BCUT2D eigenvalue weighted by Gasteiger charge is -2.09. The van der Waals surface area contributed by atoms with Crippen molar-refractivity contribution in [2.45, 2.75) is 18.2 Å². The molecule has 26 heavy (non-hydrogen) atoms. The first kappa shape index (κ1) is 18.2. The molecule has 6 nitrogen and oxygen atoms in total. The highest BCUT2D eigenvalue weighted by molar-refractivity contribution is 7.99. The van der Waals surface area contributed by atoms with E-state index < -0.39 is 0 Å². The van der Waals surface area contributed by atoms with Crippen molar-refractivity contribution in [1.29, 1.82) is 0 Å². The van der Waals surface area contributed by atoms with Gasteiger partial charge in [0, 0.05) is 30.7 Å². The summed E-state index contributed by atoms with van der Waals surface area (Å²) in [5.74, 6) is 1.32. The number of carbonyl (C=O) groups excluding carboxylic acids is 1. The molecule has 0 fully saturated rings. The van der Waals surface area contributed by atoms with E-state index in [1.807, 2.05) is 65.2 Å². The Morgan fingerprint density at radius 3 is 2.46 bits per heavy atom. The topological polar surface area (TPSA) is 69.0 Å². The summed E-state index contributed by atoms with van der Waals surface area (Å²) in [5, 5.41) is 12.1. The minimum absolute atomic E-state index is 0.0217. The van der Waals surface area contributed by atoms with E-state index in [1.165, 1.54) is 11.8 Å². The van der Waals surface area contributed by atoms with E-state index in [9.17, 15) is 4.79 Å². The largest absolute Gasteiger partial charge is 0.377 e. The molecule has 3 rings (SSSR count). The summed E-state index contributed by atoms with van der Waals surface area (Å²) in [6.07, 6.45) is 0.390. The van der Waals surface area contributed by atoms with Gasteiger partial charge in [0.2, 0.25) is 5.91 Å². The maximum atomic E-state index is 12.1. The summed E-state index contributed by atoms with van der Waals surface area (Å²) in [6, 6.07) is 19.3. The summed E-state index contributed by atoms with van der Waals surface area (Å²) >= 11 is 1.50. The number of carbonyl (C=O) groups is 1. The fourth-order valence-corrected chi connectivity index (χ4v) is 3.34. The molecule has 0 unspecified atom stereocenters. The monoisotopic (exact) mass is 368 g/mol. The van der Waals surface area contributed by atoms with Crippen molar-refractivity contribution in [3.05, 3.63) is 66.5 Å². The van der Waals surface area contributed by atoms with Gasteiger partial charge in [0.1, 0.15) is 6.61 Å². The third-order valence-electron chi connectivity index (χ3n) is 3.61. The molecule has 7 heteroatoms. The van der Waals surface area contributed by atoms with Crippen LogP contribution in [0.25, 0.3) is 5.69 Å². The minimum Gasteiger partial charge on any atom is -0.377 e. The predicted molar refractivity (Wildman–Crippen MR) is 102 cm³/mol. The second kappa shape index (κ2) is 9.17. The number of ether oxygens (including phenoxy) is 1. The molecule has 0 saturated heterocycles. The van der Waals surface area contributed by atoms with Crippen molar-refractivity contribution < 1.29 is 9.53 Å². The van der Waals surface area contributed by atoms with Crippen LogP contribution in [-0.4, -0.2) is 33.5 Å². The Morgan fingerprint density at radius 1 is 1.08 bits per heavy atom. The molecule has 1 heterocycles. The zero-order chi connectivity index (χ0) is 18.2. The van der Waals surface area contributed by atoms with Crippen molar-refractivity contribution in [2.24, 2.45) is 0 Å². The highest BCUT2D eigenvalue weighted by Gasteiger charge is 2.14. The SMILES string of the molecule is COCc1nnc(SCCC(=O)Nc2ccccc2)n1-c1ccccc1. The Kier molecular flexibility index (Phi) is 6.40. The summed E-state index contributed by atoms with van der Waals surface area (Å²) in [4.78, 5) is 12.1. The molecule has 0 saturated carbocycles. The highest BCUT2D eigenvalue weighted by Crippen LogP contribution is 2.23. The maximum absolute atomic E-state index is 12.1. The number of hydrogen-bond acceptors (Lipinski definition) is 5. The molecule has 0 spiro atoms. The molecule has 1 amide bonds. The number of amides is 1. The molecule has 1 N–H and O–H groups in total. The Morgan fingerprint density at radius 2 is 1.77 bits per heavy atom. The normalized spacial score (nSPS) is 10.7. The number of rotatable bonds is 8. The van der Waals surface area contributed by atoms with E-state index >= 15 is 0 Å². The van der Waals surface area contributed by atoms with E-state index in [-0.39, 0.29) is 5.91 Å². The first-order valence-electron chi connectivity index (χ1n) is 8.24. The van der Waals surface area contributed by atoms with Gasteiger partial charge in [0.25, 0.3) is 0 Å². The lowest BCUT2D eigenvalue weighted by atomic mass is 10.3. The Labute approximate surface area is 156 Å². The van der Waals surface area contributed by atoms with Crippen LogP contribution in [0, 0.1) is 0 Å². The fraction of sp³-hybridized carbons (Fsp3) is 0.211. The maximum Gasteiger partial charge on any atom is 0.225 e. The quantitative estimate of drug-likeness (QED) is 0.616. The minimum atomic E-state index is -0.0217. The molecule has 0 aliphatic carbocycles. The molecular formula is C19H20N4O2S. The number of thioether (sulfide) groups is 1. The average molecular weight is 368 g/mol. The number of aromatic nitrogens is 3. The number of anilines is 1. The molecule has 2 aromatic carbocycles. The van der Waals surface area contributed by atoms with Gasteiger partial charge in [0.15, 0.2) is 11.0 Å². The lowest BCUT2D eigenvalue weighted by Crippen LogP contribution is -2.12. The third kappa shape index (κ3) is 4.71. The molecule has 134 valence electrons. The van der Waals surface area contributed by atoms with Crippen LogP contribution in [0.5, 0.6) is 0 Å². The molecule has 0 aliphatic rings. The van der Waals surface area contributed by atoms with Crippen LogP contribution in [0.15, 0.2) is 65.8 Å². The zero-order valence-corrected chi connectivity index (χ0v) is 15.3. The summed E-state index contributed by atoms with van der Waals surface area (Å²) in [5.41, 5.74) is 1.78. The van der Waals surface area contributed by atoms with Gasteiger partial charge < -0.3 is 10.1 Å². The average Bonchev–Trinajstić information content (AvgIpc) is 3.06. The first-order valence-corrected chi connectivity index (χ1v) is 9.23. The Balaban J connectivity index is 1.64. The van der Waals surface area contributed by atoms with Crippen LogP contribution in [0.4, 0.5) is 5.69 Å². The zero-order valence-electron chi connectivity index (χ0n) is 14.5. The molecular weight excluding hydrogens is 348 g/mol. The molecule has 1 aromatic heterocycles. The number of benzene rings is 2. The van der Waals surface area contributed by atoms with Gasteiger partial charge in [-0.3, -0.25) is 9.36 Å². The summed E-state index contributed by atoms with van der Waals surface area (Å²) in [6.45, 7) is 0.372. The van der Waals surface area contributed by atoms with Gasteiger partial charge in [-0.05, 0) is 24.3 Å². The van der Waals surface area contributed by atoms with Gasteiger partial charge in [-0.15, -0.1) is 10.2 Å². The van der Waals surface area contributed by atoms with Crippen LogP contribution < -0.4 is 5.32 Å². The smallest absolute Gasteiger partial charge is 0.225 e. The molecule has 0 atom stereocenters. The Hall–Kier alpha value is -2.64. The third-order valence-corrected chi connectivity index (χ3v) is 4.54. The summed E-state index contributed by atoms with van der Waals surface area (Å²) < 4.78 is 7.18. The second-order valence-electron chi connectivity index (χ2n) is 5.52. The van der Waals surface area contributed by atoms with Gasteiger partial charge in [0.05, 0.1) is 0 Å². The summed E-state index contributed by atoms with van der Waals surface area (Å²) in [7, 11) is 1.63. The molecule has 3 aromatic rings. The van der Waals surface area contributed by atoms with Crippen molar-refractivity contribution in [3.8, 4) is 5.69 Å². The van der Waals surface area contributed by atoms with Crippen LogP contribution >= 0.6 is 11.8 Å². The number of nitrogens with one attached hydrogen (secondary N) is 1. The van der Waals surface area contributed by atoms with Crippen LogP contribution in [-0.2, 0) is 16.1 Å². The second-order valence-corrected chi connectivity index (χ2v) is 6.58. The van der Waals surface area contributed by atoms with E-state index in [2.05, 4.69) is 15.5 Å². The van der Waals surface area contributed by atoms with Crippen molar-refractivity contribution in [1.82, 2.24) is 14.8 Å². The highest BCUT2D eigenvalue weighted by atomic mass is 32.2. The molecule has 0 radical (unpaired) electrons. The fourth-order valence-electron chi connectivity index (χ4n) is 2.43.